The number of rotatable bonds is 4. The number of piperidine rings is 1. The number of pyridine rings is 1. The molecule has 0 aromatic carbocycles. The van der Waals surface area contributed by atoms with E-state index in [4.69, 9.17) is 0 Å². The summed E-state index contributed by atoms with van der Waals surface area (Å²) in [5.74, 6) is 2.04. The first-order chi connectivity index (χ1) is 10.1. The molecule has 21 heavy (non-hydrogen) atoms. The average Bonchev–Trinajstić information content (AvgIpc) is 2.44. The van der Waals surface area contributed by atoms with Crippen LogP contribution in [0.4, 0.5) is 5.82 Å². The first kappa shape index (κ1) is 14.5. The largest absolute Gasteiger partial charge is 0.303 e. The third kappa shape index (κ3) is 3.26. The predicted molar refractivity (Wildman–Crippen MR) is 84.5 cm³/mol. The van der Waals surface area contributed by atoms with Gasteiger partial charge in [-0.05, 0) is 49.9 Å². The molecule has 1 unspecified atom stereocenters. The molecule has 0 aliphatic carbocycles. The second kappa shape index (κ2) is 6.14. The zero-order valence-corrected chi connectivity index (χ0v) is 13.1. The number of aromatic nitrogens is 1. The summed E-state index contributed by atoms with van der Waals surface area (Å²) in [5.41, 5.74) is 1.06. The van der Waals surface area contributed by atoms with Crippen LogP contribution in [0.2, 0.25) is 0 Å². The lowest BCUT2D eigenvalue weighted by Gasteiger charge is -2.38. The lowest BCUT2D eigenvalue weighted by atomic mass is 9.95. The summed E-state index contributed by atoms with van der Waals surface area (Å²) in [6.45, 7) is 8.68. The Bertz CT molecular complexity index is 511. The van der Waals surface area contributed by atoms with Crippen molar-refractivity contribution in [1.82, 2.24) is 9.88 Å². The van der Waals surface area contributed by atoms with Gasteiger partial charge in [-0.15, -0.1) is 0 Å². The van der Waals surface area contributed by atoms with Gasteiger partial charge in [-0.3, -0.25) is 9.69 Å². The fraction of sp³-hybridized carbons (Fsp3) is 0.647. The standard InChI is InChI=1S/C17H25N3O/c1-13(2)15-5-3-6-16(18-15)20-12-14(7-8-17(20)21)11-19-9-4-10-19/h3,5-6,13-14H,4,7-12H2,1-2H3. The zero-order valence-electron chi connectivity index (χ0n) is 13.1. The van der Waals surface area contributed by atoms with Crippen LogP contribution in [0.5, 0.6) is 0 Å². The van der Waals surface area contributed by atoms with Gasteiger partial charge >= 0.3 is 0 Å². The molecular formula is C17H25N3O. The molecule has 1 aromatic rings. The maximum atomic E-state index is 12.3. The van der Waals surface area contributed by atoms with Crippen LogP contribution in [0.25, 0.3) is 0 Å². The maximum absolute atomic E-state index is 12.3. The second-order valence-corrected chi connectivity index (χ2v) is 6.64. The summed E-state index contributed by atoms with van der Waals surface area (Å²) in [6, 6.07) is 6.03. The number of nitrogens with zero attached hydrogens (tertiary/aromatic N) is 3. The van der Waals surface area contributed by atoms with E-state index in [-0.39, 0.29) is 5.91 Å². The van der Waals surface area contributed by atoms with Gasteiger partial charge in [-0.1, -0.05) is 19.9 Å². The highest BCUT2D eigenvalue weighted by Gasteiger charge is 2.29. The van der Waals surface area contributed by atoms with E-state index in [9.17, 15) is 4.79 Å². The van der Waals surface area contributed by atoms with Gasteiger partial charge in [0.1, 0.15) is 5.82 Å². The normalized spacial score (nSPS) is 23.5. The van der Waals surface area contributed by atoms with E-state index in [2.05, 4.69) is 23.7 Å². The summed E-state index contributed by atoms with van der Waals surface area (Å²) in [6.07, 6.45) is 3.01. The van der Waals surface area contributed by atoms with Crippen LogP contribution in [-0.2, 0) is 4.79 Å². The number of hydrogen-bond donors (Lipinski definition) is 0. The van der Waals surface area contributed by atoms with Crippen LogP contribution >= 0.6 is 0 Å². The van der Waals surface area contributed by atoms with Crippen molar-refractivity contribution >= 4 is 11.7 Å². The van der Waals surface area contributed by atoms with Crippen LogP contribution in [0, 0.1) is 5.92 Å². The van der Waals surface area contributed by atoms with Crippen molar-refractivity contribution in [2.45, 2.75) is 39.0 Å². The lowest BCUT2D eigenvalue weighted by molar-refractivity contribution is -0.120. The fourth-order valence-electron chi connectivity index (χ4n) is 3.13. The zero-order chi connectivity index (χ0) is 14.8. The Kier molecular flexibility index (Phi) is 4.24. The van der Waals surface area contributed by atoms with Crippen molar-refractivity contribution in [3.05, 3.63) is 23.9 Å². The van der Waals surface area contributed by atoms with Crippen molar-refractivity contribution < 1.29 is 4.79 Å². The van der Waals surface area contributed by atoms with E-state index in [1.165, 1.54) is 19.5 Å². The minimum absolute atomic E-state index is 0.225. The molecular weight excluding hydrogens is 262 g/mol. The third-order valence-electron chi connectivity index (χ3n) is 4.60. The van der Waals surface area contributed by atoms with Gasteiger partial charge in [0.15, 0.2) is 0 Å². The molecule has 3 rings (SSSR count). The molecule has 1 atom stereocenters. The molecule has 2 aliphatic heterocycles. The first-order valence-corrected chi connectivity index (χ1v) is 8.13. The Hall–Kier alpha value is -1.42. The Labute approximate surface area is 127 Å². The van der Waals surface area contributed by atoms with Crippen molar-refractivity contribution in [2.24, 2.45) is 5.92 Å². The fourth-order valence-corrected chi connectivity index (χ4v) is 3.13. The van der Waals surface area contributed by atoms with Gasteiger partial charge < -0.3 is 4.90 Å². The smallest absolute Gasteiger partial charge is 0.228 e. The molecule has 4 nitrogen and oxygen atoms in total. The maximum Gasteiger partial charge on any atom is 0.228 e. The summed E-state index contributed by atoms with van der Waals surface area (Å²) >= 11 is 0. The monoisotopic (exact) mass is 287 g/mol. The van der Waals surface area contributed by atoms with Crippen molar-refractivity contribution in [2.75, 3.05) is 31.1 Å². The molecule has 0 saturated carbocycles. The Morgan fingerprint density at radius 1 is 1.33 bits per heavy atom. The number of amides is 1. The second-order valence-electron chi connectivity index (χ2n) is 6.64. The molecule has 1 aromatic heterocycles. The molecule has 0 spiro atoms. The van der Waals surface area contributed by atoms with E-state index in [0.717, 1.165) is 31.0 Å². The molecule has 114 valence electrons. The van der Waals surface area contributed by atoms with Crippen LogP contribution in [0.15, 0.2) is 18.2 Å². The van der Waals surface area contributed by atoms with E-state index >= 15 is 0 Å². The molecule has 2 saturated heterocycles. The predicted octanol–water partition coefficient (Wildman–Crippen LogP) is 2.65. The minimum Gasteiger partial charge on any atom is -0.303 e. The number of carbonyl (C=O) groups is 1. The van der Waals surface area contributed by atoms with Gasteiger partial charge in [0.05, 0.1) is 0 Å². The Morgan fingerprint density at radius 3 is 2.81 bits per heavy atom. The van der Waals surface area contributed by atoms with Gasteiger partial charge in [-0.2, -0.15) is 0 Å². The average molecular weight is 287 g/mol. The van der Waals surface area contributed by atoms with E-state index in [1.54, 1.807) is 0 Å². The Balaban J connectivity index is 1.72. The van der Waals surface area contributed by atoms with Crippen molar-refractivity contribution in [3.63, 3.8) is 0 Å². The molecule has 2 fully saturated rings. The number of carbonyl (C=O) groups excluding carboxylic acids is 1. The number of likely N-dealkylation sites (tertiary alicyclic amines) is 1. The summed E-state index contributed by atoms with van der Waals surface area (Å²) in [4.78, 5) is 21.3. The quantitative estimate of drug-likeness (QED) is 0.854. The van der Waals surface area contributed by atoms with Crippen molar-refractivity contribution in [1.29, 1.82) is 0 Å². The van der Waals surface area contributed by atoms with Gasteiger partial charge in [0.25, 0.3) is 0 Å². The molecule has 0 N–H and O–H groups in total. The SMILES string of the molecule is CC(C)c1cccc(N2CC(CN3CCC3)CCC2=O)n1. The van der Waals surface area contributed by atoms with Crippen LogP contribution in [0.3, 0.4) is 0 Å². The van der Waals surface area contributed by atoms with Crippen LogP contribution in [-0.4, -0.2) is 42.0 Å². The van der Waals surface area contributed by atoms with Gasteiger partial charge in [0.2, 0.25) is 5.91 Å². The van der Waals surface area contributed by atoms with Crippen molar-refractivity contribution in [3.8, 4) is 0 Å². The minimum atomic E-state index is 0.225. The summed E-state index contributed by atoms with van der Waals surface area (Å²) in [7, 11) is 0. The highest BCUT2D eigenvalue weighted by Crippen LogP contribution is 2.25. The molecule has 3 heterocycles. The molecule has 1 amide bonds. The lowest BCUT2D eigenvalue weighted by Crippen LogP contribution is -2.47. The Morgan fingerprint density at radius 2 is 2.14 bits per heavy atom. The van der Waals surface area contributed by atoms with E-state index in [1.807, 2.05) is 23.1 Å². The summed E-state index contributed by atoms with van der Waals surface area (Å²) < 4.78 is 0. The number of hydrogen-bond acceptors (Lipinski definition) is 3. The van der Waals surface area contributed by atoms with Gasteiger partial charge in [-0.25, -0.2) is 4.98 Å². The topological polar surface area (TPSA) is 36.4 Å². The molecule has 2 aliphatic rings. The highest BCUT2D eigenvalue weighted by molar-refractivity contribution is 5.93. The number of anilines is 1. The molecule has 0 radical (unpaired) electrons. The highest BCUT2D eigenvalue weighted by atomic mass is 16.2. The molecule has 0 bridgehead atoms. The third-order valence-corrected chi connectivity index (χ3v) is 4.60. The van der Waals surface area contributed by atoms with Gasteiger partial charge in [0, 0.05) is 25.2 Å². The van der Waals surface area contributed by atoms with E-state index < -0.39 is 0 Å². The molecule has 4 heteroatoms. The first-order valence-electron chi connectivity index (χ1n) is 8.13. The summed E-state index contributed by atoms with van der Waals surface area (Å²) in [5, 5.41) is 0. The van der Waals surface area contributed by atoms with Crippen LogP contribution in [0.1, 0.15) is 44.7 Å². The van der Waals surface area contributed by atoms with E-state index in [0.29, 0.717) is 18.3 Å². The van der Waals surface area contributed by atoms with Crippen LogP contribution < -0.4 is 4.90 Å².